The Hall–Kier alpha value is -1.80. The average molecular weight is 265 g/mol. The molecular formula is C17H15NS. The minimum Gasteiger partial charge on any atom is -0.256 e. The van der Waals surface area contributed by atoms with Gasteiger partial charge in [-0.3, -0.25) is 4.98 Å². The summed E-state index contributed by atoms with van der Waals surface area (Å²) in [5.41, 5.74) is 2.45. The van der Waals surface area contributed by atoms with Crippen molar-refractivity contribution in [1.82, 2.24) is 4.98 Å². The van der Waals surface area contributed by atoms with Gasteiger partial charge in [0.2, 0.25) is 0 Å². The maximum absolute atomic E-state index is 4.41. The van der Waals surface area contributed by atoms with Crippen LogP contribution in [0.25, 0.3) is 10.9 Å². The van der Waals surface area contributed by atoms with Crippen LogP contribution in [-0.2, 0) is 6.42 Å². The van der Waals surface area contributed by atoms with Gasteiger partial charge < -0.3 is 0 Å². The first kappa shape index (κ1) is 12.2. The van der Waals surface area contributed by atoms with Gasteiger partial charge in [-0.2, -0.15) is 0 Å². The summed E-state index contributed by atoms with van der Waals surface area (Å²) < 4.78 is 0. The van der Waals surface area contributed by atoms with E-state index >= 15 is 0 Å². The van der Waals surface area contributed by atoms with Gasteiger partial charge in [-0.15, -0.1) is 0 Å². The van der Waals surface area contributed by atoms with Crippen LogP contribution < -0.4 is 0 Å². The largest absolute Gasteiger partial charge is 0.256 e. The molecule has 0 saturated carbocycles. The Morgan fingerprint density at radius 2 is 1.89 bits per heavy atom. The van der Waals surface area contributed by atoms with Gasteiger partial charge in [0.15, 0.2) is 0 Å². The number of hydrogen-bond acceptors (Lipinski definition) is 2. The van der Waals surface area contributed by atoms with E-state index in [4.69, 9.17) is 0 Å². The van der Waals surface area contributed by atoms with E-state index in [1.807, 2.05) is 24.0 Å². The van der Waals surface area contributed by atoms with Crippen molar-refractivity contribution in [2.45, 2.75) is 23.1 Å². The summed E-state index contributed by atoms with van der Waals surface area (Å²) in [6.07, 6.45) is 2.91. The van der Waals surface area contributed by atoms with E-state index in [1.165, 1.54) is 20.7 Å². The van der Waals surface area contributed by atoms with Crippen LogP contribution in [-0.4, -0.2) is 4.98 Å². The van der Waals surface area contributed by atoms with Crippen LogP contribution >= 0.6 is 11.8 Å². The van der Waals surface area contributed by atoms with Crippen LogP contribution in [0.3, 0.4) is 0 Å². The second-order valence-electron chi connectivity index (χ2n) is 4.42. The number of rotatable bonds is 3. The molecule has 2 aromatic carbocycles. The summed E-state index contributed by atoms with van der Waals surface area (Å²) in [4.78, 5) is 6.99. The lowest BCUT2D eigenvalue weighted by atomic mass is 10.2. The molecule has 3 rings (SSSR count). The van der Waals surface area contributed by atoms with Gasteiger partial charge >= 0.3 is 0 Å². The molecule has 0 aliphatic heterocycles. The maximum atomic E-state index is 4.41. The predicted molar refractivity (Wildman–Crippen MR) is 81.7 cm³/mol. The fourth-order valence-electron chi connectivity index (χ4n) is 2.13. The predicted octanol–water partition coefficient (Wildman–Crippen LogP) is 4.95. The number of aryl methyl sites for hydroxylation is 1. The van der Waals surface area contributed by atoms with Crippen molar-refractivity contribution in [2.75, 3.05) is 0 Å². The van der Waals surface area contributed by atoms with Crippen molar-refractivity contribution in [3.8, 4) is 0 Å². The molecule has 0 spiro atoms. The number of benzene rings is 2. The average Bonchev–Trinajstić information content (AvgIpc) is 2.48. The molecule has 1 aromatic heterocycles. The molecule has 0 aliphatic rings. The second-order valence-corrected chi connectivity index (χ2v) is 5.54. The second kappa shape index (κ2) is 5.45. The van der Waals surface area contributed by atoms with Gasteiger partial charge in [0.25, 0.3) is 0 Å². The summed E-state index contributed by atoms with van der Waals surface area (Å²) in [5.74, 6) is 0. The van der Waals surface area contributed by atoms with Crippen LogP contribution in [0, 0.1) is 0 Å². The fraction of sp³-hybridized carbons (Fsp3) is 0.118. The number of nitrogens with zero attached hydrogens (tertiary/aromatic N) is 1. The van der Waals surface area contributed by atoms with Gasteiger partial charge in [0.1, 0.15) is 0 Å². The minimum atomic E-state index is 1.06. The third kappa shape index (κ3) is 2.64. The number of fused-ring (bicyclic) bond motifs is 1. The van der Waals surface area contributed by atoms with E-state index in [1.54, 1.807) is 0 Å². The van der Waals surface area contributed by atoms with Crippen LogP contribution in [0.1, 0.15) is 12.5 Å². The number of aromatic nitrogens is 1. The summed E-state index contributed by atoms with van der Waals surface area (Å²) in [6.45, 7) is 2.20. The Balaban J connectivity index is 1.96. The lowest BCUT2D eigenvalue weighted by molar-refractivity contribution is 1.08. The van der Waals surface area contributed by atoms with Crippen molar-refractivity contribution < 1.29 is 0 Å². The summed E-state index contributed by atoms with van der Waals surface area (Å²) in [6, 6.07) is 19.1. The molecule has 19 heavy (non-hydrogen) atoms. The van der Waals surface area contributed by atoms with Crippen molar-refractivity contribution in [3.63, 3.8) is 0 Å². The van der Waals surface area contributed by atoms with Gasteiger partial charge in [-0.05, 0) is 36.2 Å². The first-order valence-corrected chi connectivity index (χ1v) is 7.29. The highest BCUT2D eigenvalue weighted by Gasteiger charge is 2.03. The standard InChI is InChI=1S/C17H15NS/c1-2-13-6-3-4-8-17(13)19-15-10-9-14-7-5-11-18-16(14)12-15/h3-12H,2H2,1H3. The van der Waals surface area contributed by atoms with Gasteiger partial charge in [-0.1, -0.05) is 49.0 Å². The van der Waals surface area contributed by atoms with E-state index in [-0.39, 0.29) is 0 Å². The first-order valence-electron chi connectivity index (χ1n) is 6.47. The first-order chi connectivity index (χ1) is 9.36. The van der Waals surface area contributed by atoms with Crippen LogP contribution in [0.5, 0.6) is 0 Å². The molecule has 2 heteroatoms. The third-order valence-electron chi connectivity index (χ3n) is 3.16. The summed E-state index contributed by atoms with van der Waals surface area (Å²) in [7, 11) is 0. The number of pyridine rings is 1. The van der Waals surface area contributed by atoms with E-state index < -0.39 is 0 Å². The van der Waals surface area contributed by atoms with Crippen LogP contribution in [0.4, 0.5) is 0 Å². The SMILES string of the molecule is CCc1ccccc1Sc1ccc2cccnc2c1. The Kier molecular flexibility index (Phi) is 3.51. The minimum absolute atomic E-state index is 1.06. The lowest BCUT2D eigenvalue weighted by Gasteiger charge is -2.07. The summed E-state index contributed by atoms with van der Waals surface area (Å²) >= 11 is 1.81. The normalized spacial score (nSPS) is 10.8. The Bertz CT molecular complexity index is 706. The van der Waals surface area contributed by atoms with Gasteiger partial charge in [0.05, 0.1) is 5.52 Å². The highest BCUT2D eigenvalue weighted by Crippen LogP contribution is 2.32. The molecule has 0 amide bonds. The molecule has 1 heterocycles. The fourth-order valence-corrected chi connectivity index (χ4v) is 3.18. The van der Waals surface area contributed by atoms with E-state index in [9.17, 15) is 0 Å². The van der Waals surface area contributed by atoms with E-state index in [0.717, 1.165) is 11.9 Å². The lowest BCUT2D eigenvalue weighted by Crippen LogP contribution is -1.85. The molecule has 0 saturated heterocycles. The quantitative estimate of drug-likeness (QED) is 0.664. The zero-order valence-corrected chi connectivity index (χ0v) is 11.7. The molecule has 0 aliphatic carbocycles. The van der Waals surface area contributed by atoms with Gasteiger partial charge in [-0.25, -0.2) is 0 Å². The molecule has 0 N–H and O–H groups in total. The highest BCUT2D eigenvalue weighted by molar-refractivity contribution is 7.99. The smallest absolute Gasteiger partial charge is 0.0713 e. The Morgan fingerprint density at radius 1 is 1.00 bits per heavy atom. The topological polar surface area (TPSA) is 12.9 Å². The Morgan fingerprint density at radius 3 is 2.79 bits per heavy atom. The molecule has 0 fully saturated rings. The highest BCUT2D eigenvalue weighted by atomic mass is 32.2. The van der Waals surface area contributed by atoms with E-state index in [0.29, 0.717) is 0 Å². The molecule has 0 bridgehead atoms. The zero-order valence-electron chi connectivity index (χ0n) is 10.8. The molecular weight excluding hydrogens is 250 g/mol. The van der Waals surface area contributed by atoms with Crippen LogP contribution in [0.15, 0.2) is 70.6 Å². The monoisotopic (exact) mass is 265 g/mol. The molecule has 0 unspecified atom stereocenters. The molecule has 3 aromatic rings. The van der Waals surface area contributed by atoms with Crippen molar-refractivity contribution in [1.29, 1.82) is 0 Å². The molecule has 0 atom stereocenters. The van der Waals surface area contributed by atoms with Crippen molar-refractivity contribution in [3.05, 3.63) is 66.4 Å². The maximum Gasteiger partial charge on any atom is 0.0713 e. The Labute approximate surface area is 117 Å². The molecule has 94 valence electrons. The third-order valence-corrected chi connectivity index (χ3v) is 4.27. The molecule has 0 radical (unpaired) electrons. The van der Waals surface area contributed by atoms with Crippen LogP contribution in [0.2, 0.25) is 0 Å². The zero-order chi connectivity index (χ0) is 13.1. The van der Waals surface area contributed by atoms with E-state index in [2.05, 4.69) is 60.4 Å². The van der Waals surface area contributed by atoms with Crippen molar-refractivity contribution in [2.24, 2.45) is 0 Å². The molecule has 1 nitrogen and oxygen atoms in total. The summed E-state index contributed by atoms with van der Waals surface area (Å²) in [5, 5.41) is 1.19. The van der Waals surface area contributed by atoms with Gasteiger partial charge in [0, 0.05) is 21.4 Å². The van der Waals surface area contributed by atoms with Crippen molar-refractivity contribution >= 4 is 22.7 Å². The number of hydrogen-bond donors (Lipinski definition) is 0.